The van der Waals surface area contributed by atoms with Crippen LogP contribution >= 0.6 is 0 Å². The summed E-state index contributed by atoms with van der Waals surface area (Å²) in [5, 5.41) is 209. The van der Waals surface area contributed by atoms with E-state index >= 15 is 0 Å². The summed E-state index contributed by atoms with van der Waals surface area (Å²) in [7, 11) is 0. The fourth-order valence-corrected chi connectivity index (χ4v) is 37.0. The number of fused-ring (bicyclic) bond motifs is 20. The maximum absolute atomic E-state index is 11.6. The van der Waals surface area contributed by atoms with E-state index in [0.29, 0.717) is 131 Å². The van der Waals surface area contributed by atoms with E-state index in [-0.39, 0.29) is 192 Å². The van der Waals surface area contributed by atoms with Crippen molar-refractivity contribution in [2.75, 3.05) is 39.6 Å². The second-order valence-electron chi connectivity index (χ2n) is 51.4. The first kappa shape index (κ1) is 105. The molecule has 16 aliphatic rings. The number of aliphatic hydroxyl groups excluding tert-OH is 18. The Hall–Kier alpha value is -0.800. The van der Waals surface area contributed by atoms with Crippen molar-refractivity contribution >= 4 is 0 Å². The summed E-state index contributed by atoms with van der Waals surface area (Å²) < 4.78 is 0. The zero-order valence-electron chi connectivity index (χ0n) is 82.4. The predicted octanol–water partition coefficient (Wildman–Crippen LogP) is 13.7. The van der Waals surface area contributed by atoms with E-state index in [4.69, 9.17) is 0 Å². The molecule has 0 aromatic carbocycles. The fourth-order valence-electron chi connectivity index (χ4n) is 37.0. The number of rotatable bonds is 26. The molecule has 0 aromatic heterocycles. The lowest BCUT2D eigenvalue weighted by Crippen LogP contribution is -2.62. The van der Waals surface area contributed by atoms with Crippen LogP contribution in [0.4, 0.5) is 0 Å². The minimum absolute atomic E-state index is 0.0183. The molecule has 0 spiro atoms. The lowest BCUT2D eigenvalue weighted by molar-refractivity contribution is -0.207. The summed E-state index contributed by atoms with van der Waals surface area (Å²) in [6.45, 7) is 31.1. The summed E-state index contributed by atoms with van der Waals surface area (Å²) in [4.78, 5) is 0. The third-order valence-electron chi connectivity index (χ3n) is 45.1. The van der Waals surface area contributed by atoms with Crippen LogP contribution in [-0.4, -0.2) is 226 Å². The van der Waals surface area contributed by atoms with Gasteiger partial charge in [-0.05, 0) is 405 Å². The van der Waals surface area contributed by atoms with Crippen LogP contribution in [0.5, 0.6) is 0 Å². The molecule has 0 amide bonds. The van der Waals surface area contributed by atoms with E-state index in [9.17, 15) is 102 Å². The van der Waals surface area contributed by atoms with Gasteiger partial charge < -0.3 is 102 Å². The van der Waals surface area contributed by atoms with Crippen molar-refractivity contribution in [2.24, 2.45) is 197 Å². The van der Waals surface area contributed by atoms with Crippen LogP contribution in [0.1, 0.15) is 354 Å². The van der Waals surface area contributed by atoms with Crippen LogP contribution < -0.4 is 0 Å². The third kappa shape index (κ3) is 19.4. The molecule has 128 heavy (non-hydrogen) atoms. The van der Waals surface area contributed by atoms with Gasteiger partial charge in [0.15, 0.2) is 0 Å². The van der Waals surface area contributed by atoms with Gasteiger partial charge in [0.2, 0.25) is 0 Å². The second kappa shape index (κ2) is 41.2. The Morgan fingerprint density at radius 1 is 0.266 bits per heavy atom. The molecule has 20 nitrogen and oxygen atoms in total. The highest BCUT2D eigenvalue weighted by Gasteiger charge is 2.72. The Morgan fingerprint density at radius 3 is 0.680 bits per heavy atom. The van der Waals surface area contributed by atoms with Gasteiger partial charge in [-0.3, -0.25) is 0 Å². The Bertz CT molecular complexity index is 3270. The maximum Gasteiger partial charge on any atom is 0.0849 e. The van der Waals surface area contributed by atoms with E-state index in [0.717, 1.165) is 244 Å². The molecular formula is C108H192O20. The van der Waals surface area contributed by atoms with E-state index in [1.807, 2.05) is 0 Å². The standard InChI is InChI=1S/4C27H48O5/c2*1-16(6-5-10-25(2,32)15-28)19-7-8-20-24-21(14-23(31)27(19,20)4)26(3)11-9-18(29)12-17(26)13-22(24)30;2*1-16(5-4-6-17(14-28)15-29)20-7-8-21-25-22(13-24(32)27(20,21)3)26(2)10-9-19(30)11-18(26)12-23(25)31/h2*16-24,28-32H,5-15H2,1-4H3;2*16-25,28-32H,4-15H2,1-3H3/t16?,17-,18+,19?,20?,21?,22+,23-,24?,25?,26?,27?;16?,17-,18-,19?,20?,21?,22-,23+,24?,25?,26?,27?;16?,18-,19+,20?,21?,22?,23+,24-,25?,26?,27?;16?,18-,19-,20?,21?,22?,23-,24+,25?,26?,27?/m0101/s1. The molecule has 0 heterocycles. The van der Waals surface area contributed by atoms with E-state index in [1.54, 1.807) is 13.8 Å². The lowest BCUT2D eigenvalue weighted by atomic mass is 9.43. The van der Waals surface area contributed by atoms with Gasteiger partial charge >= 0.3 is 0 Å². The van der Waals surface area contributed by atoms with Gasteiger partial charge in [-0.25, -0.2) is 0 Å². The van der Waals surface area contributed by atoms with Crippen molar-refractivity contribution in [2.45, 2.75) is 438 Å². The van der Waals surface area contributed by atoms with Crippen molar-refractivity contribution in [3.8, 4) is 0 Å². The smallest absolute Gasteiger partial charge is 0.0849 e. The van der Waals surface area contributed by atoms with Gasteiger partial charge in [0, 0.05) is 38.3 Å². The summed E-state index contributed by atoms with van der Waals surface area (Å²) >= 11 is 0. The van der Waals surface area contributed by atoms with Crippen LogP contribution in [0, 0.1) is 197 Å². The first-order valence-electron chi connectivity index (χ1n) is 53.5. The molecule has 30 unspecified atom stereocenters. The van der Waals surface area contributed by atoms with Gasteiger partial charge in [0.05, 0.1) is 97.7 Å². The van der Waals surface area contributed by atoms with Crippen LogP contribution in [0.3, 0.4) is 0 Å². The number of hydrogen-bond acceptors (Lipinski definition) is 20. The van der Waals surface area contributed by atoms with Crippen molar-refractivity contribution < 1.29 is 102 Å². The van der Waals surface area contributed by atoms with Crippen LogP contribution in [0.25, 0.3) is 0 Å². The minimum Gasteiger partial charge on any atom is -0.396 e. The average molecular weight is 1810 g/mol. The third-order valence-corrected chi connectivity index (χ3v) is 45.1. The molecule has 0 aromatic rings. The molecular weight excluding hydrogens is 1620 g/mol. The molecule has 46 atom stereocenters. The van der Waals surface area contributed by atoms with Gasteiger partial charge in [-0.2, -0.15) is 0 Å². The highest BCUT2D eigenvalue weighted by molar-refractivity contribution is 5.20. The zero-order chi connectivity index (χ0) is 93.5. The summed E-state index contributed by atoms with van der Waals surface area (Å²) in [5.41, 5.74) is -2.17. The zero-order valence-corrected chi connectivity index (χ0v) is 82.4. The van der Waals surface area contributed by atoms with Gasteiger partial charge in [-0.1, -0.05) is 134 Å². The van der Waals surface area contributed by atoms with E-state index < -0.39 is 11.2 Å². The molecule has 16 saturated carbocycles. The molecule has 20 N–H and O–H groups in total. The molecule has 16 aliphatic carbocycles. The van der Waals surface area contributed by atoms with Crippen molar-refractivity contribution in [3.05, 3.63) is 0 Å². The Balaban J connectivity index is 0.000000146. The molecule has 0 aliphatic heterocycles. The molecule has 0 radical (unpaired) electrons. The van der Waals surface area contributed by atoms with Crippen LogP contribution in [0.15, 0.2) is 0 Å². The fraction of sp³-hybridized carbons (Fsp3) is 1.00. The lowest BCUT2D eigenvalue weighted by Gasteiger charge is -2.63. The van der Waals surface area contributed by atoms with E-state index in [2.05, 4.69) is 83.1 Å². The predicted molar refractivity (Wildman–Crippen MR) is 499 cm³/mol. The van der Waals surface area contributed by atoms with Crippen LogP contribution in [0.2, 0.25) is 0 Å². The number of aliphatic hydroxyl groups is 20. The second-order valence-corrected chi connectivity index (χ2v) is 51.4. The average Bonchev–Trinajstić information content (AvgIpc) is 1.42. The normalized spacial score (nSPS) is 50.3. The summed E-state index contributed by atoms with van der Waals surface area (Å²) in [6, 6.07) is 0. The van der Waals surface area contributed by atoms with E-state index in [1.165, 1.54) is 0 Å². The van der Waals surface area contributed by atoms with Gasteiger partial charge in [0.25, 0.3) is 0 Å². The van der Waals surface area contributed by atoms with Crippen LogP contribution in [-0.2, 0) is 0 Å². The Morgan fingerprint density at radius 2 is 0.477 bits per heavy atom. The molecule has 0 bridgehead atoms. The SMILES string of the molecule is CC(CCCC(C)(O)CO)C1CCC2C3C(C[C@H](O)C12C)C1(C)CC[C@@H](O)C[C@@H]1C[C@H]3O.CC(CCCC(C)(O)CO)C1CCC2C3C(C[C@H](O)C12C)C1(C)CC[C@@H](O)C[C@H]1C[C@H]3O.CC(CCCC(CO)CO)C1CCC2C3C(C[C@H](O)C12C)C1(C)CC[C@@H](O)C[C@@H]1C[C@H]3O.CC(CCCC(CO)CO)C1CCC2C3C(C[C@H](O)C12C)C1(C)CC[C@@H](O)C[C@H]1C[C@H]3O. The molecule has 744 valence electrons. The topological polar surface area (TPSA) is 405 Å². The maximum atomic E-state index is 11.6. The largest absolute Gasteiger partial charge is 0.396 e. The highest BCUT2D eigenvalue weighted by atomic mass is 16.3. The van der Waals surface area contributed by atoms with Crippen molar-refractivity contribution in [1.82, 2.24) is 0 Å². The first-order valence-corrected chi connectivity index (χ1v) is 53.5. The molecule has 16 rings (SSSR count). The van der Waals surface area contributed by atoms with Gasteiger partial charge in [-0.15, -0.1) is 0 Å². The summed E-state index contributed by atoms with van der Waals surface area (Å²) in [6.07, 6.45) is 33.0. The number of hydrogen-bond donors (Lipinski definition) is 20. The van der Waals surface area contributed by atoms with Crippen molar-refractivity contribution in [3.63, 3.8) is 0 Å². The molecule has 16 fully saturated rings. The Kier molecular flexibility index (Phi) is 33.6. The first-order chi connectivity index (χ1) is 60.2. The highest BCUT2D eigenvalue weighted by Crippen LogP contribution is 2.74. The summed E-state index contributed by atoms with van der Waals surface area (Å²) in [5.74, 6) is 8.88. The molecule has 20 heteroatoms. The minimum atomic E-state index is -1.01. The molecule has 0 saturated heterocycles. The Labute approximate surface area is 773 Å². The van der Waals surface area contributed by atoms with Crippen molar-refractivity contribution in [1.29, 1.82) is 0 Å². The van der Waals surface area contributed by atoms with Gasteiger partial charge in [0.1, 0.15) is 0 Å². The monoisotopic (exact) mass is 1810 g/mol. The quantitative estimate of drug-likeness (QED) is 0.0382.